The van der Waals surface area contributed by atoms with Gasteiger partial charge in [-0.05, 0) is 32.1 Å². The molecular formula is C21H41N2+. The first-order chi connectivity index (χ1) is 11.3. The highest BCUT2D eigenvalue weighted by atomic mass is 15.1. The van der Waals surface area contributed by atoms with Crippen LogP contribution < -0.4 is 4.57 Å². The zero-order chi connectivity index (χ0) is 16.8. The molecule has 0 fully saturated rings. The van der Waals surface area contributed by atoms with Gasteiger partial charge >= 0.3 is 0 Å². The molecule has 0 aliphatic heterocycles. The highest BCUT2D eigenvalue weighted by Gasteiger charge is 2.16. The highest BCUT2D eigenvalue weighted by molar-refractivity contribution is 4.84. The summed E-state index contributed by atoms with van der Waals surface area (Å²) in [5, 5.41) is 0. The summed E-state index contributed by atoms with van der Waals surface area (Å²) >= 11 is 0. The second kappa shape index (κ2) is 13.6. The summed E-state index contributed by atoms with van der Waals surface area (Å²) in [7, 11) is 0. The lowest BCUT2D eigenvalue weighted by atomic mass is 10.1. The molecule has 134 valence electrons. The first-order valence-electron chi connectivity index (χ1n) is 10.4. The van der Waals surface area contributed by atoms with Gasteiger partial charge in [-0.1, -0.05) is 65.7 Å². The van der Waals surface area contributed by atoms with Crippen LogP contribution in [0, 0.1) is 0 Å². The van der Waals surface area contributed by atoms with Crippen LogP contribution in [0.2, 0.25) is 0 Å². The number of aryl methyl sites for hydroxylation is 2. The van der Waals surface area contributed by atoms with Crippen LogP contribution >= 0.6 is 0 Å². The van der Waals surface area contributed by atoms with E-state index >= 15 is 0 Å². The van der Waals surface area contributed by atoms with Gasteiger partial charge in [-0.3, -0.25) is 0 Å². The van der Waals surface area contributed by atoms with Gasteiger partial charge in [0.25, 0.3) is 5.82 Å². The Kier molecular flexibility index (Phi) is 12.0. The van der Waals surface area contributed by atoms with E-state index in [1.807, 2.05) is 0 Å². The van der Waals surface area contributed by atoms with Crippen molar-refractivity contribution in [2.24, 2.45) is 0 Å². The van der Waals surface area contributed by atoms with Gasteiger partial charge in [0, 0.05) is 6.42 Å². The van der Waals surface area contributed by atoms with E-state index in [0.717, 1.165) is 0 Å². The summed E-state index contributed by atoms with van der Waals surface area (Å²) in [6.45, 7) is 9.29. The van der Waals surface area contributed by atoms with Crippen molar-refractivity contribution in [2.45, 2.75) is 117 Å². The number of imidazole rings is 1. The Morgan fingerprint density at radius 3 is 2.09 bits per heavy atom. The number of rotatable bonds is 15. The Labute approximate surface area is 145 Å². The topological polar surface area (TPSA) is 8.81 Å². The number of hydrogen-bond acceptors (Lipinski definition) is 0. The minimum atomic E-state index is 1.21. The number of hydrogen-bond donors (Lipinski definition) is 0. The Balaban J connectivity index is 2.49. The third-order valence-corrected chi connectivity index (χ3v) is 4.85. The Morgan fingerprint density at radius 2 is 1.35 bits per heavy atom. The molecule has 0 bridgehead atoms. The van der Waals surface area contributed by atoms with Crippen molar-refractivity contribution in [2.75, 3.05) is 0 Å². The maximum atomic E-state index is 2.54. The average molecular weight is 322 g/mol. The van der Waals surface area contributed by atoms with Crippen LogP contribution in [0.25, 0.3) is 0 Å². The van der Waals surface area contributed by atoms with Crippen molar-refractivity contribution in [1.29, 1.82) is 0 Å². The summed E-state index contributed by atoms with van der Waals surface area (Å²) in [6, 6.07) is 0. The molecule has 0 aliphatic carbocycles. The molecule has 0 amide bonds. The Morgan fingerprint density at radius 1 is 0.739 bits per heavy atom. The van der Waals surface area contributed by atoms with Gasteiger partial charge in [0.15, 0.2) is 0 Å². The van der Waals surface area contributed by atoms with E-state index in [2.05, 4.69) is 42.3 Å². The standard InChI is InChI=1S/C21H41N2/c1-4-7-10-11-12-13-16-21-22(17-14-8-5-2)19-20-23(21)18-15-9-6-3/h19-20H,4-18H2,1-3H3/q+1. The minimum absolute atomic E-state index is 1.21. The second-order valence-corrected chi connectivity index (χ2v) is 7.03. The molecular weight excluding hydrogens is 280 g/mol. The van der Waals surface area contributed by atoms with Crippen LogP contribution in [0.15, 0.2) is 12.4 Å². The van der Waals surface area contributed by atoms with E-state index in [4.69, 9.17) is 0 Å². The van der Waals surface area contributed by atoms with Crippen molar-refractivity contribution in [3.8, 4) is 0 Å². The maximum Gasteiger partial charge on any atom is 0.256 e. The van der Waals surface area contributed by atoms with Gasteiger partial charge in [-0.15, -0.1) is 0 Å². The quantitative estimate of drug-likeness (QED) is 0.274. The monoisotopic (exact) mass is 321 g/mol. The van der Waals surface area contributed by atoms with E-state index in [1.165, 1.54) is 96.6 Å². The van der Waals surface area contributed by atoms with Crippen LogP contribution in [0.5, 0.6) is 0 Å². The Bertz CT molecular complexity index is 354. The van der Waals surface area contributed by atoms with Crippen molar-refractivity contribution < 1.29 is 4.57 Å². The predicted octanol–water partition coefficient (Wildman–Crippen LogP) is 6.06. The lowest BCUT2D eigenvalue weighted by Crippen LogP contribution is -2.37. The van der Waals surface area contributed by atoms with Crippen molar-refractivity contribution in [3.63, 3.8) is 0 Å². The molecule has 1 aromatic rings. The zero-order valence-corrected chi connectivity index (χ0v) is 16.2. The first-order valence-corrected chi connectivity index (χ1v) is 10.4. The molecule has 0 spiro atoms. The van der Waals surface area contributed by atoms with Crippen LogP contribution in [0.4, 0.5) is 0 Å². The van der Waals surface area contributed by atoms with Gasteiger partial charge in [0.2, 0.25) is 0 Å². The molecule has 1 heterocycles. The number of aromatic nitrogens is 2. The van der Waals surface area contributed by atoms with E-state index < -0.39 is 0 Å². The molecule has 0 unspecified atom stereocenters. The summed E-state index contributed by atoms with van der Waals surface area (Å²) in [6.07, 6.45) is 22.2. The van der Waals surface area contributed by atoms with Gasteiger partial charge in [-0.25, -0.2) is 9.13 Å². The smallest absolute Gasteiger partial charge is 0.234 e. The first kappa shape index (κ1) is 20.3. The summed E-state index contributed by atoms with van der Waals surface area (Å²) in [5.41, 5.74) is 0. The molecule has 0 saturated heterocycles. The highest BCUT2D eigenvalue weighted by Crippen LogP contribution is 2.10. The minimum Gasteiger partial charge on any atom is -0.234 e. The molecule has 1 aromatic heterocycles. The second-order valence-electron chi connectivity index (χ2n) is 7.03. The summed E-state index contributed by atoms with van der Waals surface area (Å²) in [4.78, 5) is 0. The maximum absolute atomic E-state index is 2.54. The largest absolute Gasteiger partial charge is 0.256 e. The molecule has 0 radical (unpaired) electrons. The predicted molar refractivity (Wildman–Crippen MR) is 101 cm³/mol. The fraction of sp³-hybridized carbons (Fsp3) is 0.857. The van der Waals surface area contributed by atoms with Crippen molar-refractivity contribution in [3.05, 3.63) is 18.2 Å². The van der Waals surface area contributed by atoms with Crippen LogP contribution in [0.3, 0.4) is 0 Å². The van der Waals surface area contributed by atoms with Gasteiger partial charge in [-0.2, -0.15) is 0 Å². The lowest BCUT2D eigenvalue weighted by Gasteiger charge is -2.06. The molecule has 0 saturated carbocycles. The molecule has 23 heavy (non-hydrogen) atoms. The third-order valence-electron chi connectivity index (χ3n) is 4.85. The fourth-order valence-electron chi connectivity index (χ4n) is 3.32. The summed E-state index contributed by atoms with van der Waals surface area (Å²) in [5.74, 6) is 1.58. The number of nitrogens with zero attached hydrogens (tertiary/aromatic N) is 2. The SMILES string of the molecule is CCCCCCCCc1n(CCCCC)cc[n+]1CCCCC. The van der Waals surface area contributed by atoms with Crippen LogP contribution in [0.1, 0.15) is 104 Å². The lowest BCUT2D eigenvalue weighted by molar-refractivity contribution is -0.704. The molecule has 2 heteroatoms. The molecule has 0 N–H and O–H groups in total. The fourth-order valence-corrected chi connectivity index (χ4v) is 3.32. The molecule has 0 atom stereocenters. The van der Waals surface area contributed by atoms with Crippen molar-refractivity contribution >= 4 is 0 Å². The van der Waals surface area contributed by atoms with Gasteiger partial charge in [0.05, 0.1) is 13.1 Å². The van der Waals surface area contributed by atoms with Gasteiger partial charge < -0.3 is 0 Å². The molecule has 0 aliphatic rings. The average Bonchev–Trinajstić information content (AvgIpc) is 2.93. The van der Waals surface area contributed by atoms with Gasteiger partial charge in [0.1, 0.15) is 12.4 Å². The van der Waals surface area contributed by atoms with E-state index in [0.29, 0.717) is 0 Å². The van der Waals surface area contributed by atoms with Crippen LogP contribution in [-0.2, 0) is 19.5 Å². The normalized spacial score (nSPS) is 11.3. The van der Waals surface area contributed by atoms with Crippen LogP contribution in [-0.4, -0.2) is 4.57 Å². The van der Waals surface area contributed by atoms with E-state index in [1.54, 1.807) is 5.82 Å². The Hall–Kier alpha value is -0.790. The van der Waals surface area contributed by atoms with E-state index in [9.17, 15) is 0 Å². The molecule has 1 rings (SSSR count). The van der Waals surface area contributed by atoms with E-state index in [-0.39, 0.29) is 0 Å². The molecule has 2 nitrogen and oxygen atoms in total. The third kappa shape index (κ3) is 8.58. The summed E-state index contributed by atoms with van der Waals surface area (Å²) < 4.78 is 5.07. The zero-order valence-electron chi connectivity index (χ0n) is 16.2. The molecule has 0 aromatic carbocycles. The van der Waals surface area contributed by atoms with Crippen molar-refractivity contribution in [1.82, 2.24) is 4.57 Å². The number of unbranched alkanes of at least 4 members (excludes halogenated alkanes) is 9.